The van der Waals surface area contributed by atoms with Crippen LogP contribution in [0.5, 0.6) is 5.88 Å². The quantitative estimate of drug-likeness (QED) is 0.713. The van der Waals surface area contributed by atoms with Gasteiger partial charge in [0.25, 0.3) is 0 Å². The lowest BCUT2D eigenvalue weighted by atomic mass is 10.5. The predicted molar refractivity (Wildman–Crippen MR) is 51.7 cm³/mol. The number of nitrogens with zero attached hydrogens (tertiary/aromatic N) is 2. The topological polar surface area (TPSA) is 34.6 Å². The number of morpholine rings is 1. The van der Waals surface area contributed by atoms with Crippen molar-refractivity contribution in [1.82, 2.24) is 4.98 Å². The molecule has 13 heavy (non-hydrogen) atoms. The van der Waals surface area contributed by atoms with Crippen molar-refractivity contribution in [2.45, 2.75) is 0 Å². The highest BCUT2D eigenvalue weighted by Crippen LogP contribution is 2.24. The van der Waals surface area contributed by atoms with Gasteiger partial charge in [-0.2, -0.15) is 4.98 Å². The zero-order chi connectivity index (χ0) is 9.10. The summed E-state index contributed by atoms with van der Waals surface area (Å²) in [6.45, 7) is 3.44. The molecule has 0 saturated carbocycles. The zero-order valence-electron chi connectivity index (χ0n) is 7.52. The Morgan fingerprint density at radius 1 is 1.54 bits per heavy atom. The minimum atomic E-state index is 0.700. The van der Waals surface area contributed by atoms with Gasteiger partial charge in [-0.15, -0.1) is 11.3 Å². The van der Waals surface area contributed by atoms with E-state index >= 15 is 0 Å². The molecule has 1 aliphatic rings. The van der Waals surface area contributed by atoms with E-state index in [0.717, 1.165) is 31.4 Å². The average Bonchev–Trinajstić information content (AvgIpc) is 2.67. The Hall–Kier alpha value is -0.810. The lowest BCUT2D eigenvalue weighted by Crippen LogP contribution is -2.36. The van der Waals surface area contributed by atoms with Crippen LogP contribution in [0.4, 0.5) is 5.13 Å². The maximum atomic E-state index is 5.26. The second kappa shape index (κ2) is 3.93. The van der Waals surface area contributed by atoms with Crippen molar-refractivity contribution >= 4 is 16.5 Å². The number of hydrogen-bond donors (Lipinski definition) is 0. The van der Waals surface area contributed by atoms with E-state index in [9.17, 15) is 0 Å². The first kappa shape index (κ1) is 8.77. The SMILES string of the molecule is COc1csc(N2CCOCC2)n1. The first-order chi connectivity index (χ1) is 6.40. The van der Waals surface area contributed by atoms with Gasteiger partial charge in [-0.1, -0.05) is 0 Å². The number of methoxy groups -OCH3 is 1. The molecule has 0 aromatic carbocycles. The highest BCUT2D eigenvalue weighted by molar-refractivity contribution is 7.13. The molecule has 4 nitrogen and oxygen atoms in total. The van der Waals surface area contributed by atoms with E-state index in [2.05, 4.69) is 9.88 Å². The van der Waals surface area contributed by atoms with E-state index < -0.39 is 0 Å². The van der Waals surface area contributed by atoms with Gasteiger partial charge in [0, 0.05) is 13.1 Å². The molecule has 1 fully saturated rings. The molecule has 1 aromatic rings. The molecule has 1 saturated heterocycles. The number of thiazole rings is 1. The molecule has 1 aliphatic heterocycles. The highest BCUT2D eigenvalue weighted by Gasteiger charge is 2.14. The van der Waals surface area contributed by atoms with Crippen molar-refractivity contribution in [2.24, 2.45) is 0 Å². The van der Waals surface area contributed by atoms with Crippen LogP contribution in [0.2, 0.25) is 0 Å². The number of hydrogen-bond acceptors (Lipinski definition) is 5. The molecule has 5 heteroatoms. The second-order valence-corrected chi connectivity index (χ2v) is 3.61. The van der Waals surface area contributed by atoms with E-state index in [-0.39, 0.29) is 0 Å². The maximum Gasteiger partial charge on any atom is 0.226 e. The van der Waals surface area contributed by atoms with Gasteiger partial charge in [-0.25, -0.2) is 0 Å². The third kappa shape index (κ3) is 1.92. The van der Waals surface area contributed by atoms with Gasteiger partial charge >= 0.3 is 0 Å². The minimum Gasteiger partial charge on any atom is -0.480 e. The molecule has 2 rings (SSSR count). The van der Waals surface area contributed by atoms with Gasteiger partial charge in [-0.05, 0) is 0 Å². The molecule has 1 aromatic heterocycles. The largest absolute Gasteiger partial charge is 0.480 e. The van der Waals surface area contributed by atoms with Crippen LogP contribution in [-0.4, -0.2) is 38.4 Å². The number of anilines is 1. The lowest BCUT2D eigenvalue weighted by Gasteiger charge is -2.25. The minimum absolute atomic E-state index is 0.700. The molecular formula is C8H12N2O2S. The van der Waals surface area contributed by atoms with Crippen LogP contribution < -0.4 is 9.64 Å². The first-order valence-corrected chi connectivity index (χ1v) is 5.10. The standard InChI is InChI=1S/C8H12N2O2S/c1-11-7-6-13-8(9-7)10-2-4-12-5-3-10/h6H,2-5H2,1H3. The molecule has 0 bridgehead atoms. The molecule has 0 radical (unpaired) electrons. The van der Waals surface area contributed by atoms with Crippen molar-refractivity contribution in [3.05, 3.63) is 5.38 Å². The first-order valence-electron chi connectivity index (χ1n) is 4.22. The van der Waals surface area contributed by atoms with Crippen LogP contribution in [-0.2, 0) is 4.74 Å². The summed E-state index contributed by atoms with van der Waals surface area (Å²) >= 11 is 1.61. The van der Waals surface area contributed by atoms with Gasteiger partial charge in [0.15, 0.2) is 5.13 Å². The molecule has 0 aliphatic carbocycles. The Kier molecular flexibility index (Phi) is 2.65. The van der Waals surface area contributed by atoms with E-state index in [1.165, 1.54) is 0 Å². The van der Waals surface area contributed by atoms with Crippen LogP contribution in [0.25, 0.3) is 0 Å². The van der Waals surface area contributed by atoms with Crippen LogP contribution in [0.3, 0.4) is 0 Å². The Morgan fingerprint density at radius 2 is 2.31 bits per heavy atom. The normalized spacial score (nSPS) is 17.5. The summed E-state index contributed by atoms with van der Waals surface area (Å²) in [5.41, 5.74) is 0. The Bertz CT molecular complexity index is 271. The number of ether oxygens (including phenoxy) is 2. The van der Waals surface area contributed by atoms with Crippen molar-refractivity contribution in [3.8, 4) is 5.88 Å². The van der Waals surface area contributed by atoms with Gasteiger partial charge in [0.2, 0.25) is 5.88 Å². The van der Waals surface area contributed by atoms with E-state index in [1.54, 1.807) is 18.4 Å². The van der Waals surface area contributed by atoms with Crippen molar-refractivity contribution in [1.29, 1.82) is 0 Å². The third-order valence-corrected chi connectivity index (χ3v) is 2.84. The maximum absolute atomic E-state index is 5.26. The molecule has 0 N–H and O–H groups in total. The fourth-order valence-electron chi connectivity index (χ4n) is 1.24. The van der Waals surface area contributed by atoms with E-state index in [1.807, 2.05) is 5.38 Å². The summed E-state index contributed by atoms with van der Waals surface area (Å²) in [5, 5.41) is 2.95. The van der Waals surface area contributed by atoms with Gasteiger partial charge in [0.1, 0.15) is 0 Å². The summed E-state index contributed by atoms with van der Waals surface area (Å²) in [4.78, 5) is 6.54. The predicted octanol–water partition coefficient (Wildman–Crippen LogP) is 0.988. The van der Waals surface area contributed by atoms with Crippen LogP contribution in [0, 0.1) is 0 Å². The average molecular weight is 200 g/mol. The van der Waals surface area contributed by atoms with Gasteiger partial charge in [0.05, 0.1) is 25.7 Å². The zero-order valence-corrected chi connectivity index (χ0v) is 8.34. The van der Waals surface area contributed by atoms with Crippen LogP contribution >= 0.6 is 11.3 Å². The molecule has 0 unspecified atom stereocenters. The Morgan fingerprint density at radius 3 is 2.92 bits per heavy atom. The lowest BCUT2D eigenvalue weighted by molar-refractivity contribution is 0.122. The fraction of sp³-hybridized carbons (Fsp3) is 0.625. The monoisotopic (exact) mass is 200 g/mol. The second-order valence-electron chi connectivity index (χ2n) is 2.77. The van der Waals surface area contributed by atoms with Gasteiger partial charge in [-0.3, -0.25) is 0 Å². The number of rotatable bonds is 2. The Labute approximate surface area is 81.1 Å². The van der Waals surface area contributed by atoms with Crippen molar-refractivity contribution in [3.63, 3.8) is 0 Å². The smallest absolute Gasteiger partial charge is 0.226 e. The summed E-state index contributed by atoms with van der Waals surface area (Å²) in [6, 6.07) is 0. The molecule has 0 atom stereocenters. The molecule has 0 spiro atoms. The molecular weight excluding hydrogens is 188 g/mol. The summed E-state index contributed by atoms with van der Waals surface area (Å²) in [5.74, 6) is 0.700. The van der Waals surface area contributed by atoms with Crippen LogP contribution in [0.1, 0.15) is 0 Å². The molecule has 2 heterocycles. The third-order valence-electron chi connectivity index (χ3n) is 1.96. The van der Waals surface area contributed by atoms with Gasteiger partial charge < -0.3 is 14.4 Å². The number of aromatic nitrogens is 1. The molecule has 72 valence electrons. The van der Waals surface area contributed by atoms with E-state index in [4.69, 9.17) is 9.47 Å². The summed E-state index contributed by atoms with van der Waals surface area (Å²) in [6.07, 6.45) is 0. The summed E-state index contributed by atoms with van der Waals surface area (Å²) < 4.78 is 10.3. The molecule has 0 amide bonds. The van der Waals surface area contributed by atoms with Crippen molar-refractivity contribution < 1.29 is 9.47 Å². The highest BCUT2D eigenvalue weighted by atomic mass is 32.1. The fourth-order valence-corrected chi connectivity index (χ4v) is 2.07. The van der Waals surface area contributed by atoms with Crippen molar-refractivity contribution in [2.75, 3.05) is 38.3 Å². The van der Waals surface area contributed by atoms with E-state index in [0.29, 0.717) is 5.88 Å². The summed E-state index contributed by atoms with van der Waals surface area (Å²) in [7, 11) is 1.64. The van der Waals surface area contributed by atoms with Crippen LogP contribution in [0.15, 0.2) is 5.38 Å². The Balaban J connectivity index is 2.05.